The number of hydrogen-bond acceptors (Lipinski definition) is 6. The lowest BCUT2D eigenvalue weighted by molar-refractivity contribution is 0.291. The first kappa shape index (κ1) is 21.7. The third kappa shape index (κ3) is 5.61. The normalized spacial score (nSPS) is 16.6. The Kier molecular flexibility index (Phi) is 7.51. The number of imidazole rings is 1. The third-order valence-corrected chi connectivity index (χ3v) is 6.06. The monoisotopic (exact) mass is 422 g/mol. The van der Waals surface area contributed by atoms with E-state index < -0.39 is 0 Å². The van der Waals surface area contributed by atoms with Crippen LogP contribution in [-0.4, -0.2) is 71.3 Å². The largest absolute Gasteiger partial charge is 0.395 e. The Hall–Kier alpha value is -2.48. The summed E-state index contributed by atoms with van der Waals surface area (Å²) in [4.78, 5) is 17.2. The second kappa shape index (κ2) is 10.7. The molecule has 2 aromatic heterocycles. The van der Waals surface area contributed by atoms with Crippen molar-refractivity contribution < 1.29 is 5.11 Å². The predicted molar refractivity (Wildman–Crippen MR) is 125 cm³/mol. The molecular weight excluding hydrogens is 388 g/mol. The van der Waals surface area contributed by atoms with Gasteiger partial charge in [0.1, 0.15) is 11.3 Å². The Bertz CT molecular complexity index is 939. The van der Waals surface area contributed by atoms with E-state index in [1.165, 1.54) is 42.6 Å². The molecule has 166 valence electrons. The van der Waals surface area contributed by atoms with E-state index in [9.17, 15) is 0 Å². The minimum absolute atomic E-state index is 0.146. The van der Waals surface area contributed by atoms with E-state index in [1.807, 2.05) is 12.3 Å². The molecule has 31 heavy (non-hydrogen) atoms. The molecule has 0 bridgehead atoms. The molecular formula is C24H34N6O. The molecule has 2 aliphatic rings. The number of likely N-dealkylation sites (N-methyl/N-ethyl adjacent to an activating group) is 1. The van der Waals surface area contributed by atoms with Crippen molar-refractivity contribution in [3.8, 4) is 0 Å². The number of aliphatic hydroxyl groups is 1. The molecule has 5 rings (SSSR count). The van der Waals surface area contributed by atoms with Crippen LogP contribution >= 0.6 is 0 Å². The summed E-state index contributed by atoms with van der Waals surface area (Å²) in [6.07, 6.45) is 6.99. The molecule has 0 saturated carbocycles. The molecule has 0 unspecified atom stereocenters. The number of pyridine rings is 1. The van der Waals surface area contributed by atoms with Crippen molar-refractivity contribution in [3.05, 3.63) is 53.6 Å². The van der Waals surface area contributed by atoms with Gasteiger partial charge in [0, 0.05) is 44.6 Å². The number of aryl methyl sites for hydroxylation is 2. The molecule has 7 heteroatoms. The number of nitrogens with one attached hydrogen (secondary N) is 2. The highest BCUT2D eigenvalue weighted by molar-refractivity contribution is 5.89. The first-order valence-electron chi connectivity index (χ1n) is 11.4. The summed E-state index contributed by atoms with van der Waals surface area (Å²) >= 11 is 0. The zero-order chi connectivity index (χ0) is 21.5. The number of aromatic nitrogens is 3. The van der Waals surface area contributed by atoms with Gasteiger partial charge >= 0.3 is 0 Å². The fourth-order valence-electron chi connectivity index (χ4n) is 4.27. The van der Waals surface area contributed by atoms with Crippen LogP contribution in [0, 0.1) is 0 Å². The first-order chi connectivity index (χ1) is 15.2. The molecule has 0 radical (unpaired) electrons. The van der Waals surface area contributed by atoms with Crippen molar-refractivity contribution in [2.75, 3.05) is 51.3 Å². The second-order valence-corrected chi connectivity index (χ2v) is 8.36. The first-order valence-corrected chi connectivity index (χ1v) is 11.4. The van der Waals surface area contributed by atoms with E-state index in [0.29, 0.717) is 13.1 Å². The van der Waals surface area contributed by atoms with Crippen molar-refractivity contribution in [2.24, 2.45) is 0 Å². The Morgan fingerprint density at radius 1 is 1.06 bits per heavy atom. The average Bonchev–Trinajstić information content (AvgIpc) is 3.23. The quantitative estimate of drug-likeness (QED) is 0.548. The van der Waals surface area contributed by atoms with Crippen molar-refractivity contribution in [2.45, 2.75) is 32.2 Å². The number of aromatic amines is 1. The zero-order valence-electron chi connectivity index (χ0n) is 18.5. The lowest BCUT2D eigenvalue weighted by atomic mass is 9.96. The minimum atomic E-state index is 0.146. The van der Waals surface area contributed by atoms with Gasteiger partial charge in [-0.25, -0.2) is 4.98 Å². The van der Waals surface area contributed by atoms with Crippen LogP contribution in [0.5, 0.6) is 0 Å². The van der Waals surface area contributed by atoms with Crippen LogP contribution in [0.4, 0.5) is 5.69 Å². The number of fused-ring (bicyclic) bond motifs is 2. The van der Waals surface area contributed by atoms with Crippen molar-refractivity contribution >= 4 is 16.7 Å². The van der Waals surface area contributed by atoms with Crippen LogP contribution in [-0.2, 0) is 19.4 Å². The highest BCUT2D eigenvalue weighted by Crippen LogP contribution is 2.26. The number of para-hydroxylation sites is 1. The standard InChI is InChI=1S/C15H23N5O.C9H11N/c1-19-6-8-20(9-7-19)13-4-2-3-12-15(13)18-14(17-12)11-16-5-10-21;1-2-6-9-8(4-1)5-3-7-10-9/h2-4,16,21H,5-11H2,1H3,(H,17,18);3,5,7H,1-2,4,6H2. The lowest BCUT2D eigenvalue weighted by Gasteiger charge is -2.34. The molecule has 3 N–H and O–H groups in total. The minimum Gasteiger partial charge on any atom is -0.395 e. The average molecular weight is 423 g/mol. The summed E-state index contributed by atoms with van der Waals surface area (Å²) < 4.78 is 0. The van der Waals surface area contributed by atoms with Crippen LogP contribution < -0.4 is 10.2 Å². The van der Waals surface area contributed by atoms with Gasteiger partial charge in [-0.05, 0) is 56.5 Å². The van der Waals surface area contributed by atoms with Crippen LogP contribution in [0.2, 0.25) is 0 Å². The number of hydrogen-bond donors (Lipinski definition) is 3. The number of rotatable bonds is 5. The van der Waals surface area contributed by atoms with Crippen molar-refractivity contribution in [1.82, 2.24) is 25.2 Å². The Balaban J connectivity index is 0.000000192. The number of H-pyrrole nitrogens is 1. The molecule has 1 aliphatic carbocycles. The van der Waals surface area contributed by atoms with Gasteiger partial charge in [-0.1, -0.05) is 12.1 Å². The summed E-state index contributed by atoms with van der Waals surface area (Å²) in [6.45, 7) is 5.64. The molecule has 0 atom stereocenters. The molecule has 1 saturated heterocycles. The molecule has 1 fully saturated rings. The highest BCUT2D eigenvalue weighted by atomic mass is 16.3. The number of benzene rings is 1. The summed E-state index contributed by atoms with van der Waals surface area (Å²) in [5.41, 5.74) is 6.13. The predicted octanol–water partition coefficient (Wildman–Crippen LogP) is 2.36. The van der Waals surface area contributed by atoms with Gasteiger partial charge in [0.2, 0.25) is 0 Å². The second-order valence-electron chi connectivity index (χ2n) is 8.36. The molecule has 0 spiro atoms. The number of anilines is 1. The van der Waals surface area contributed by atoms with E-state index in [1.54, 1.807) is 0 Å². The Morgan fingerprint density at radius 3 is 2.71 bits per heavy atom. The van der Waals surface area contributed by atoms with E-state index in [-0.39, 0.29) is 6.61 Å². The van der Waals surface area contributed by atoms with Crippen molar-refractivity contribution in [1.29, 1.82) is 0 Å². The topological polar surface area (TPSA) is 80.3 Å². The van der Waals surface area contributed by atoms with Gasteiger partial charge in [0.25, 0.3) is 0 Å². The van der Waals surface area contributed by atoms with Crippen LogP contribution in [0.25, 0.3) is 11.0 Å². The number of nitrogens with zero attached hydrogens (tertiary/aromatic N) is 4. The van der Waals surface area contributed by atoms with E-state index in [4.69, 9.17) is 10.1 Å². The summed E-state index contributed by atoms with van der Waals surface area (Å²) in [5, 5.41) is 12.0. The van der Waals surface area contributed by atoms with E-state index in [2.05, 4.69) is 56.4 Å². The Morgan fingerprint density at radius 2 is 1.90 bits per heavy atom. The van der Waals surface area contributed by atoms with Gasteiger partial charge in [0.05, 0.1) is 24.4 Å². The summed E-state index contributed by atoms with van der Waals surface area (Å²) in [7, 11) is 2.16. The molecule has 7 nitrogen and oxygen atoms in total. The van der Waals surface area contributed by atoms with Gasteiger partial charge in [-0.3, -0.25) is 4.98 Å². The number of piperazine rings is 1. The lowest BCUT2D eigenvalue weighted by Crippen LogP contribution is -2.44. The number of aliphatic hydroxyl groups excluding tert-OH is 1. The highest BCUT2D eigenvalue weighted by Gasteiger charge is 2.17. The zero-order valence-corrected chi connectivity index (χ0v) is 18.5. The van der Waals surface area contributed by atoms with Gasteiger partial charge in [0.15, 0.2) is 0 Å². The smallest absolute Gasteiger partial charge is 0.121 e. The van der Waals surface area contributed by atoms with Gasteiger partial charge in [-0.15, -0.1) is 0 Å². The summed E-state index contributed by atoms with van der Waals surface area (Å²) in [6, 6.07) is 10.5. The van der Waals surface area contributed by atoms with Gasteiger partial charge < -0.3 is 25.2 Å². The SMILES string of the molecule is CN1CCN(c2cccc3[nH]c(CNCCO)nc23)CC1.c1cnc2c(c1)CCCC2. The van der Waals surface area contributed by atoms with E-state index >= 15 is 0 Å². The fourth-order valence-corrected chi connectivity index (χ4v) is 4.27. The summed E-state index contributed by atoms with van der Waals surface area (Å²) in [5.74, 6) is 0.917. The van der Waals surface area contributed by atoms with E-state index in [0.717, 1.165) is 43.0 Å². The van der Waals surface area contributed by atoms with Crippen LogP contribution in [0.3, 0.4) is 0 Å². The van der Waals surface area contributed by atoms with Crippen LogP contribution in [0.15, 0.2) is 36.5 Å². The van der Waals surface area contributed by atoms with Gasteiger partial charge in [-0.2, -0.15) is 0 Å². The van der Waals surface area contributed by atoms with Crippen molar-refractivity contribution in [3.63, 3.8) is 0 Å². The maximum absolute atomic E-state index is 8.82. The fraction of sp³-hybridized carbons (Fsp3) is 0.500. The molecule has 1 aliphatic heterocycles. The maximum atomic E-state index is 8.82. The van der Waals surface area contributed by atoms with Crippen LogP contribution in [0.1, 0.15) is 29.9 Å². The molecule has 0 amide bonds. The molecule has 1 aromatic carbocycles. The Labute approximate surface area is 184 Å². The maximum Gasteiger partial charge on any atom is 0.121 e. The molecule has 3 heterocycles. The molecule has 3 aromatic rings. The third-order valence-electron chi connectivity index (χ3n) is 6.06.